The molecule has 0 aromatic heterocycles. The van der Waals surface area contributed by atoms with E-state index >= 15 is 0 Å². The third kappa shape index (κ3) is 4.45. The molecule has 0 aromatic carbocycles. The lowest BCUT2D eigenvalue weighted by atomic mass is 9.94. The summed E-state index contributed by atoms with van der Waals surface area (Å²) in [5.41, 5.74) is -0.284. The second kappa shape index (κ2) is 6.21. The van der Waals surface area contributed by atoms with Crippen molar-refractivity contribution in [2.24, 2.45) is 5.92 Å². The zero-order valence-electron chi connectivity index (χ0n) is 12.7. The highest BCUT2D eigenvalue weighted by Crippen LogP contribution is 2.41. The molecule has 0 aromatic rings. The maximum absolute atomic E-state index is 9.68. The third-order valence-electron chi connectivity index (χ3n) is 4.18. The smallest absolute Gasteiger partial charge is 0.122 e. The fourth-order valence-corrected chi connectivity index (χ4v) is 2.78. The van der Waals surface area contributed by atoms with Gasteiger partial charge in [0, 0.05) is 12.6 Å². The monoisotopic (exact) mass is 264 g/mol. The number of likely N-dealkylation sites (N-methyl/N-ethyl adjacent to an activating group) is 1. The van der Waals surface area contributed by atoms with Crippen LogP contribution in [0.2, 0.25) is 0 Å². The Morgan fingerprint density at radius 3 is 2.32 bits per heavy atom. The summed E-state index contributed by atoms with van der Waals surface area (Å²) in [5, 5.41) is 13.3. The largest absolute Gasteiger partial charge is 0.309 e. The summed E-state index contributed by atoms with van der Waals surface area (Å²) >= 11 is 0. The van der Waals surface area contributed by atoms with Crippen LogP contribution in [0.1, 0.15) is 32.1 Å². The van der Waals surface area contributed by atoms with E-state index in [1.54, 1.807) is 0 Å². The van der Waals surface area contributed by atoms with Gasteiger partial charge in [0.25, 0.3) is 0 Å². The lowest BCUT2D eigenvalue weighted by molar-refractivity contribution is 0.218. The molecule has 2 rings (SSSR count). The molecule has 4 nitrogen and oxygen atoms in total. The molecule has 1 atom stereocenters. The van der Waals surface area contributed by atoms with Crippen molar-refractivity contribution in [1.29, 1.82) is 5.26 Å². The van der Waals surface area contributed by atoms with Gasteiger partial charge in [-0.05, 0) is 72.3 Å². The van der Waals surface area contributed by atoms with Gasteiger partial charge in [-0.2, -0.15) is 5.26 Å². The highest BCUT2D eigenvalue weighted by atomic mass is 15.2. The Morgan fingerprint density at radius 2 is 1.84 bits per heavy atom. The lowest BCUT2D eigenvalue weighted by Crippen LogP contribution is -2.54. The molecule has 0 heterocycles. The summed E-state index contributed by atoms with van der Waals surface area (Å²) in [4.78, 5) is 4.55. The van der Waals surface area contributed by atoms with E-state index in [0.29, 0.717) is 12.0 Å². The fourth-order valence-electron chi connectivity index (χ4n) is 2.78. The summed E-state index contributed by atoms with van der Waals surface area (Å²) in [6.07, 6.45) is 6.11. The Bertz CT molecular complexity index is 328. The molecule has 19 heavy (non-hydrogen) atoms. The second-order valence-electron chi connectivity index (χ2n) is 6.67. The van der Waals surface area contributed by atoms with E-state index in [4.69, 9.17) is 0 Å². The SMILES string of the molecule is CN(C)CCCN(C)CC(C#N)(NC1CC1)C1CC1. The summed E-state index contributed by atoms with van der Waals surface area (Å²) < 4.78 is 0. The van der Waals surface area contributed by atoms with Crippen LogP contribution in [0.15, 0.2) is 0 Å². The number of nitriles is 1. The normalized spacial score (nSPS) is 22.5. The van der Waals surface area contributed by atoms with Crippen molar-refractivity contribution in [3.63, 3.8) is 0 Å². The zero-order chi connectivity index (χ0) is 13.9. The first-order valence-corrected chi connectivity index (χ1v) is 7.58. The predicted octanol–water partition coefficient (Wildman–Crippen LogP) is 1.29. The molecular weight excluding hydrogens is 236 g/mol. The molecule has 108 valence electrons. The summed E-state index contributed by atoms with van der Waals surface area (Å²) in [5.74, 6) is 0.578. The molecule has 0 radical (unpaired) electrons. The molecular formula is C15H28N4. The summed E-state index contributed by atoms with van der Waals surface area (Å²) in [6.45, 7) is 3.06. The minimum atomic E-state index is -0.284. The summed E-state index contributed by atoms with van der Waals surface area (Å²) in [6, 6.07) is 3.22. The van der Waals surface area contributed by atoms with Crippen LogP contribution in [0.3, 0.4) is 0 Å². The Kier molecular flexibility index (Phi) is 4.83. The molecule has 2 aliphatic carbocycles. The van der Waals surface area contributed by atoms with Gasteiger partial charge in [-0.15, -0.1) is 0 Å². The van der Waals surface area contributed by atoms with Crippen molar-refractivity contribution in [1.82, 2.24) is 15.1 Å². The van der Waals surface area contributed by atoms with Crippen molar-refractivity contribution >= 4 is 0 Å². The second-order valence-corrected chi connectivity index (χ2v) is 6.67. The van der Waals surface area contributed by atoms with E-state index in [1.165, 1.54) is 32.1 Å². The third-order valence-corrected chi connectivity index (χ3v) is 4.18. The van der Waals surface area contributed by atoms with Crippen LogP contribution in [-0.4, -0.2) is 62.2 Å². The Morgan fingerprint density at radius 1 is 1.16 bits per heavy atom. The quantitative estimate of drug-likeness (QED) is 0.681. The highest BCUT2D eigenvalue weighted by Gasteiger charge is 2.48. The van der Waals surface area contributed by atoms with Gasteiger partial charge in [-0.25, -0.2) is 0 Å². The standard InChI is InChI=1S/C15H28N4/c1-18(2)9-4-10-19(3)12-15(11-16,13-5-6-13)17-14-7-8-14/h13-14,17H,4-10,12H2,1-3H3. The van der Waals surface area contributed by atoms with Gasteiger partial charge in [0.05, 0.1) is 6.07 Å². The number of hydrogen-bond donors (Lipinski definition) is 1. The van der Waals surface area contributed by atoms with Crippen LogP contribution in [-0.2, 0) is 0 Å². The van der Waals surface area contributed by atoms with Crippen molar-refractivity contribution in [3.8, 4) is 6.07 Å². The minimum absolute atomic E-state index is 0.284. The molecule has 1 unspecified atom stereocenters. The van der Waals surface area contributed by atoms with Gasteiger partial charge in [-0.1, -0.05) is 0 Å². The van der Waals surface area contributed by atoms with E-state index < -0.39 is 0 Å². The fraction of sp³-hybridized carbons (Fsp3) is 0.933. The molecule has 2 saturated carbocycles. The minimum Gasteiger partial charge on any atom is -0.309 e. The molecule has 0 spiro atoms. The molecule has 0 bridgehead atoms. The van der Waals surface area contributed by atoms with Crippen LogP contribution in [0.5, 0.6) is 0 Å². The van der Waals surface area contributed by atoms with Gasteiger partial charge in [-0.3, -0.25) is 5.32 Å². The van der Waals surface area contributed by atoms with E-state index in [-0.39, 0.29) is 5.54 Å². The molecule has 0 aliphatic heterocycles. The maximum atomic E-state index is 9.68. The summed E-state index contributed by atoms with van der Waals surface area (Å²) in [7, 11) is 6.37. The Hall–Kier alpha value is -0.630. The van der Waals surface area contributed by atoms with E-state index in [1.807, 2.05) is 0 Å². The highest BCUT2D eigenvalue weighted by molar-refractivity contribution is 5.18. The van der Waals surface area contributed by atoms with Crippen molar-refractivity contribution in [2.45, 2.75) is 43.7 Å². The van der Waals surface area contributed by atoms with E-state index in [2.05, 4.69) is 42.3 Å². The van der Waals surface area contributed by atoms with E-state index in [0.717, 1.165) is 19.6 Å². The average Bonchev–Trinajstić information content (AvgIpc) is 3.20. The number of nitrogens with zero attached hydrogens (tertiary/aromatic N) is 3. The number of hydrogen-bond acceptors (Lipinski definition) is 4. The zero-order valence-corrected chi connectivity index (χ0v) is 12.7. The van der Waals surface area contributed by atoms with Gasteiger partial charge in [0.15, 0.2) is 0 Å². The van der Waals surface area contributed by atoms with Crippen LogP contribution in [0.25, 0.3) is 0 Å². The van der Waals surface area contributed by atoms with Gasteiger partial charge in [0.1, 0.15) is 5.54 Å². The Labute approximate surface area is 117 Å². The maximum Gasteiger partial charge on any atom is 0.122 e. The van der Waals surface area contributed by atoms with E-state index in [9.17, 15) is 5.26 Å². The molecule has 0 amide bonds. The Balaban J connectivity index is 1.82. The average molecular weight is 264 g/mol. The molecule has 2 fully saturated rings. The van der Waals surface area contributed by atoms with Crippen LogP contribution in [0, 0.1) is 17.2 Å². The molecule has 1 N–H and O–H groups in total. The number of rotatable bonds is 9. The van der Waals surface area contributed by atoms with Crippen LogP contribution < -0.4 is 5.32 Å². The van der Waals surface area contributed by atoms with Crippen LogP contribution in [0.4, 0.5) is 0 Å². The lowest BCUT2D eigenvalue weighted by Gasteiger charge is -2.33. The molecule has 0 saturated heterocycles. The van der Waals surface area contributed by atoms with Gasteiger partial charge >= 0.3 is 0 Å². The van der Waals surface area contributed by atoms with Gasteiger partial charge in [0.2, 0.25) is 0 Å². The first kappa shape index (κ1) is 14.8. The first-order valence-electron chi connectivity index (χ1n) is 7.58. The molecule has 2 aliphatic rings. The van der Waals surface area contributed by atoms with Crippen molar-refractivity contribution in [3.05, 3.63) is 0 Å². The first-order chi connectivity index (χ1) is 9.05. The predicted molar refractivity (Wildman–Crippen MR) is 77.9 cm³/mol. The molecule has 4 heteroatoms. The van der Waals surface area contributed by atoms with Crippen molar-refractivity contribution < 1.29 is 0 Å². The van der Waals surface area contributed by atoms with Crippen molar-refractivity contribution in [2.75, 3.05) is 40.8 Å². The van der Waals surface area contributed by atoms with Gasteiger partial charge < -0.3 is 9.80 Å². The van der Waals surface area contributed by atoms with Crippen LogP contribution >= 0.6 is 0 Å². The topological polar surface area (TPSA) is 42.3 Å². The number of nitrogens with one attached hydrogen (secondary N) is 1.